The third-order valence-electron chi connectivity index (χ3n) is 4.55. The van der Waals surface area contributed by atoms with Gasteiger partial charge in [-0.2, -0.15) is 0 Å². The second-order valence-electron chi connectivity index (χ2n) is 5.87. The average molecular weight is 288 g/mol. The number of hydrogen-bond donors (Lipinski definition) is 1. The molecule has 112 valence electrons. The Hall–Kier alpha value is -2.04. The molecule has 1 aromatic rings. The zero-order valence-electron chi connectivity index (χ0n) is 12.0. The second-order valence-corrected chi connectivity index (χ2v) is 5.87. The van der Waals surface area contributed by atoms with Gasteiger partial charge in [-0.1, -0.05) is 18.2 Å². The van der Waals surface area contributed by atoms with Crippen LogP contribution in [0.25, 0.3) is 0 Å². The van der Waals surface area contributed by atoms with Crippen molar-refractivity contribution in [3.05, 3.63) is 35.4 Å². The van der Waals surface area contributed by atoms with Crippen molar-refractivity contribution in [2.45, 2.75) is 19.3 Å². The van der Waals surface area contributed by atoms with Crippen molar-refractivity contribution in [2.24, 2.45) is 5.92 Å². The predicted molar refractivity (Wildman–Crippen MR) is 78.4 cm³/mol. The van der Waals surface area contributed by atoms with Gasteiger partial charge in [0.1, 0.15) is 0 Å². The molecule has 1 saturated heterocycles. The van der Waals surface area contributed by atoms with Crippen LogP contribution in [0.4, 0.5) is 4.79 Å². The molecule has 2 heterocycles. The lowest BCUT2D eigenvalue weighted by Gasteiger charge is -2.35. The van der Waals surface area contributed by atoms with Gasteiger partial charge in [0.05, 0.1) is 0 Å². The Kier molecular flexibility index (Phi) is 3.82. The number of hydrogen-bond acceptors (Lipinski definition) is 2. The van der Waals surface area contributed by atoms with E-state index in [9.17, 15) is 9.59 Å². The summed E-state index contributed by atoms with van der Waals surface area (Å²) in [5.41, 5.74) is 1.96. The van der Waals surface area contributed by atoms with Gasteiger partial charge in [-0.05, 0) is 36.8 Å². The van der Waals surface area contributed by atoms with Crippen LogP contribution in [0.1, 0.15) is 28.8 Å². The van der Waals surface area contributed by atoms with Crippen LogP contribution >= 0.6 is 0 Å². The molecule has 2 amide bonds. The summed E-state index contributed by atoms with van der Waals surface area (Å²) in [6, 6.07) is 7.81. The first-order chi connectivity index (χ1) is 10.1. The Balaban J connectivity index is 1.60. The number of rotatable bonds is 2. The Morgan fingerprint density at radius 1 is 1.19 bits per heavy atom. The van der Waals surface area contributed by atoms with Gasteiger partial charge in [-0.3, -0.25) is 4.79 Å². The third-order valence-corrected chi connectivity index (χ3v) is 4.55. The lowest BCUT2D eigenvalue weighted by Crippen LogP contribution is -2.44. The highest BCUT2D eigenvalue weighted by molar-refractivity contribution is 5.96. The predicted octanol–water partition coefficient (Wildman–Crippen LogP) is 2.07. The maximum Gasteiger partial charge on any atom is 0.407 e. The highest BCUT2D eigenvalue weighted by atomic mass is 16.4. The molecule has 1 fully saturated rings. The van der Waals surface area contributed by atoms with E-state index in [-0.39, 0.29) is 5.91 Å². The van der Waals surface area contributed by atoms with Crippen LogP contribution in [0.5, 0.6) is 0 Å². The minimum atomic E-state index is -0.837. The number of carbonyl (C=O) groups excluding carboxylic acids is 1. The molecule has 0 saturated carbocycles. The van der Waals surface area contributed by atoms with E-state index >= 15 is 0 Å². The van der Waals surface area contributed by atoms with E-state index in [1.54, 1.807) is 0 Å². The van der Waals surface area contributed by atoms with Crippen LogP contribution in [0.2, 0.25) is 0 Å². The van der Waals surface area contributed by atoms with Crippen molar-refractivity contribution >= 4 is 12.0 Å². The number of fused-ring (bicyclic) bond motifs is 1. The first kappa shape index (κ1) is 13.9. The molecule has 5 nitrogen and oxygen atoms in total. The smallest absolute Gasteiger partial charge is 0.407 e. The highest BCUT2D eigenvalue weighted by Gasteiger charge is 2.28. The molecule has 0 unspecified atom stereocenters. The van der Waals surface area contributed by atoms with Gasteiger partial charge in [-0.15, -0.1) is 0 Å². The summed E-state index contributed by atoms with van der Waals surface area (Å²) in [6.45, 7) is 2.69. The molecule has 1 N–H and O–H groups in total. The van der Waals surface area contributed by atoms with Gasteiger partial charge in [0.15, 0.2) is 0 Å². The van der Waals surface area contributed by atoms with Crippen LogP contribution in [0.15, 0.2) is 24.3 Å². The summed E-state index contributed by atoms with van der Waals surface area (Å²) in [4.78, 5) is 26.8. The largest absolute Gasteiger partial charge is 0.465 e. The van der Waals surface area contributed by atoms with Gasteiger partial charge >= 0.3 is 6.09 Å². The van der Waals surface area contributed by atoms with E-state index in [1.165, 1.54) is 4.90 Å². The number of carboxylic acid groups (broad SMARTS) is 1. The molecule has 0 radical (unpaired) electrons. The summed E-state index contributed by atoms with van der Waals surface area (Å²) in [6.07, 6.45) is 1.77. The van der Waals surface area contributed by atoms with Gasteiger partial charge in [0, 0.05) is 31.7 Å². The van der Waals surface area contributed by atoms with E-state index in [0.717, 1.165) is 43.5 Å². The number of piperidine rings is 1. The summed E-state index contributed by atoms with van der Waals surface area (Å²) in [7, 11) is 0. The minimum Gasteiger partial charge on any atom is -0.465 e. The molecule has 0 bridgehead atoms. The lowest BCUT2D eigenvalue weighted by molar-refractivity contribution is 0.0667. The Labute approximate surface area is 124 Å². The molecule has 3 rings (SSSR count). The van der Waals surface area contributed by atoms with E-state index < -0.39 is 6.09 Å². The fraction of sp³-hybridized carbons (Fsp3) is 0.500. The van der Waals surface area contributed by atoms with Gasteiger partial charge in [-0.25, -0.2) is 4.79 Å². The first-order valence-corrected chi connectivity index (χ1v) is 7.50. The average Bonchev–Trinajstić information content (AvgIpc) is 2.51. The number of likely N-dealkylation sites (tertiary alicyclic amines) is 1. The summed E-state index contributed by atoms with van der Waals surface area (Å²) in [5, 5.41) is 8.96. The van der Waals surface area contributed by atoms with Crippen LogP contribution in [-0.2, 0) is 6.42 Å². The van der Waals surface area contributed by atoms with Crippen molar-refractivity contribution < 1.29 is 14.7 Å². The maximum absolute atomic E-state index is 12.5. The summed E-state index contributed by atoms with van der Waals surface area (Å²) < 4.78 is 0. The molecule has 1 aromatic carbocycles. The standard InChI is InChI=1S/C16H20N2O3/c19-15-14-4-2-1-3-13(14)7-10-18(15)11-12-5-8-17(9-6-12)16(20)21/h1-4,12H,5-11H2,(H,20,21). The molecular weight excluding hydrogens is 268 g/mol. The highest BCUT2D eigenvalue weighted by Crippen LogP contribution is 2.23. The number of nitrogens with zero attached hydrogens (tertiary/aromatic N) is 2. The quantitative estimate of drug-likeness (QED) is 0.906. The van der Waals surface area contributed by atoms with Gasteiger partial charge in [0.2, 0.25) is 0 Å². The molecular formula is C16H20N2O3. The molecule has 0 aliphatic carbocycles. The monoisotopic (exact) mass is 288 g/mol. The molecule has 2 aliphatic heterocycles. The van der Waals surface area contributed by atoms with E-state index in [4.69, 9.17) is 5.11 Å². The van der Waals surface area contributed by atoms with Crippen molar-refractivity contribution in [3.8, 4) is 0 Å². The first-order valence-electron chi connectivity index (χ1n) is 7.50. The third kappa shape index (κ3) is 2.86. The minimum absolute atomic E-state index is 0.123. The number of benzene rings is 1. The van der Waals surface area contributed by atoms with E-state index in [2.05, 4.69) is 0 Å². The second kappa shape index (κ2) is 5.76. The molecule has 21 heavy (non-hydrogen) atoms. The number of amides is 2. The summed E-state index contributed by atoms with van der Waals surface area (Å²) in [5.74, 6) is 0.535. The van der Waals surface area contributed by atoms with E-state index in [0.29, 0.717) is 19.0 Å². The van der Waals surface area contributed by atoms with Crippen molar-refractivity contribution in [2.75, 3.05) is 26.2 Å². The van der Waals surface area contributed by atoms with Crippen molar-refractivity contribution in [1.82, 2.24) is 9.80 Å². The van der Waals surface area contributed by atoms with Crippen LogP contribution in [-0.4, -0.2) is 53.1 Å². The lowest BCUT2D eigenvalue weighted by atomic mass is 9.93. The Morgan fingerprint density at radius 3 is 2.62 bits per heavy atom. The SMILES string of the molecule is O=C(O)N1CCC(CN2CCc3ccccc3C2=O)CC1. The van der Waals surface area contributed by atoms with Crippen LogP contribution in [0.3, 0.4) is 0 Å². The molecule has 0 spiro atoms. The molecule has 0 atom stereocenters. The Morgan fingerprint density at radius 2 is 1.90 bits per heavy atom. The van der Waals surface area contributed by atoms with Crippen LogP contribution < -0.4 is 0 Å². The van der Waals surface area contributed by atoms with Gasteiger partial charge < -0.3 is 14.9 Å². The zero-order chi connectivity index (χ0) is 14.8. The zero-order valence-corrected chi connectivity index (χ0v) is 12.0. The Bertz CT molecular complexity index is 550. The van der Waals surface area contributed by atoms with Crippen molar-refractivity contribution in [3.63, 3.8) is 0 Å². The normalized spacial score (nSPS) is 19.5. The topological polar surface area (TPSA) is 60.9 Å². The van der Waals surface area contributed by atoms with Crippen molar-refractivity contribution in [1.29, 1.82) is 0 Å². The fourth-order valence-electron chi connectivity index (χ4n) is 3.27. The molecule has 2 aliphatic rings. The maximum atomic E-state index is 12.5. The fourth-order valence-corrected chi connectivity index (χ4v) is 3.27. The molecule has 5 heteroatoms. The van der Waals surface area contributed by atoms with Gasteiger partial charge in [0.25, 0.3) is 5.91 Å². The number of carbonyl (C=O) groups is 2. The summed E-state index contributed by atoms with van der Waals surface area (Å²) >= 11 is 0. The van der Waals surface area contributed by atoms with Crippen LogP contribution in [0, 0.1) is 5.92 Å². The van der Waals surface area contributed by atoms with E-state index in [1.807, 2.05) is 29.2 Å². The molecule has 0 aromatic heterocycles.